The molecule has 41 heavy (non-hydrogen) atoms. The van der Waals surface area contributed by atoms with Crippen molar-refractivity contribution in [3.63, 3.8) is 0 Å². The van der Waals surface area contributed by atoms with Gasteiger partial charge in [-0.3, -0.25) is 4.79 Å². The largest absolute Gasteiger partial charge is 0.479 e. The highest BCUT2D eigenvalue weighted by molar-refractivity contribution is 6.30. The van der Waals surface area contributed by atoms with E-state index in [0.717, 1.165) is 22.3 Å². The molecule has 0 spiro atoms. The quantitative estimate of drug-likeness (QED) is 0.206. The maximum atomic E-state index is 13.3. The average Bonchev–Trinajstić information content (AvgIpc) is 3.37. The molecule has 1 amide bonds. The molecule has 10 heteroatoms. The summed E-state index contributed by atoms with van der Waals surface area (Å²) in [4.78, 5) is 31.7. The van der Waals surface area contributed by atoms with Crippen LogP contribution in [0.3, 0.4) is 0 Å². The summed E-state index contributed by atoms with van der Waals surface area (Å²) < 4.78 is 0. The summed E-state index contributed by atoms with van der Waals surface area (Å²) in [5.41, 5.74) is 5.12. The van der Waals surface area contributed by atoms with Gasteiger partial charge < -0.3 is 20.4 Å². The normalized spacial score (nSPS) is 13.3. The van der Waals surface area contributed by atoms with Crippen LogP contribution < -0.4 is 10.2 Å². The maximum absolute atomic E-state index is 13.3. The first-order valence-corrected chi connectivity index (χ1v) is 13.5. The molecule has 0 aliphatic rings. The number of carbonyl (C=O) groups excluding carboxylic acids is 1. The highest BCUT2D eigenvalue weighted by Gasteiger charge is 2.23. The van der Waals surface area contributed by atoms with Gasteiger partial charge in [-0.1, -0.05) is 71.1 Å². The highest BCUT2D eigenvalue weighted by Crippen LogP contribution is 2.24. The number of aliphatic hydroxyl groups excluding tert-OH is 1. The average molecular weight is 575 g/mol. The standard InChI is InChI=1S/C31H31ClN4O5/c1-3-6-20(4-2)19-41-36-28-17-24(13-14-27(28)34-35-36)30(38)33-26(18-29(37)31(39)40)15-21-9-11-22(12-10-21)23-7-5-8-25(32)16-23/h3-14,16-17,26,29,37H,15,18-19H2,1-2H3,(H,33,38)(H,39,40)/b6-3-,20-4+/t26-,29-/m1/s1. The number of amides is 1. The summed E-state index contributed by atoms with van der Waals surface area (Å²) >= 11 is 6.12. The summed E-state index contributed by atoms with van der Waals surface area (Å²) in [7, 11) is 0. The van der Waals surface area contributed by atoms with E-state index >= 15 is 0 Å². The minimum Gasteiger partial charge on any atom is -0.479 e. The summed E-state index contributed by atoms with van der Waals surface area (Å²) in [5, 5.41) is 31.0. The smallest absolute Gasteiger partial charge is 0.332 e. The fraction of sp³-hybridized carbons (Fsp3) is 0.226. The minimum atomic E-state index is -1.63. The molecule has 4 rings (SSSR count). The second-order valence-corrected chi connectivity index (χ2v) is 9.91. The SMILES string of the molecule is C/C=C\C(=C/C)COn1nnc2ccc(C(=O)N[C@H](Cc3ccc(-c4cccc(Cl)c4)cc3)C[C@@H](O)C(=O)O)cc21. The van der Waals surface area contributed by atoms with Crippen LogP contribution in [0.1, 0.15) is 36.2 Å². The van der Waals surface area contributed by atoms with Crippen LogP contribution in [0.5, 0.6) is 0 Å². The number of carboxylic acid groups (broad SMARTS) is 1. The molecule has 2 atom stereocenters. The fourth-order valence-corrected chi connectivity index (χ4v) is 4.52. The number of fused-ring (bicyclic) bond motifs is 1. The van der Waals surface area contributed by atoms with Crippen LogP contribution in [0.2, 0.25) is 5.02 Å². The number of carboxylic acids is 1. The second kappa shape index (κ2) is 13.7. The molecule has 0 fully saturated rings. The van der Waals surface area contributed by atoms with Crippen molar-refractivity contribution in [3.8, 4) is 11.1 Å². The van der Waals surface area contributed by atoms with Crippen molar-refractivity contribution in [1.29, 1.82) is 0 Å². The third-order valence-electron chi connectivity index (χ3n) is 6.50. The Morgan fingerprint density at radius 3 is 2.54 bits per heavy atom. The Labute approximate surface area is 242 Å². The van der Waals surface area contributed by atoms with E-state index in [9.17, 15) is 19.8 Å². The summed E-state index contributed by atoms with van der Waals surface area (Å²) in [6.45, 7) is 4.09. The van der Waals surface area contributed by atoms with Gasteiger partial charge in [0.1, 0.15) is 17.6 Å². The number of aliphatic hydroxyl groups is 1. The zero-order chi connectivity index (χ0) is 29.4. The Balaban J connectivity index is 1.51. The predicted octanol–water partition coefficient (Wildman–Crippen LogP) is 4.88. The Kier molecular flexibility index (Phi) is 9.89. The van der Waals surface area contributed by atoms with E-state index in [-0.39, 0.29) is 13.0 Å². The van der Waals surface area contributed by atoms with Crippen molar-refractivity contribution in [3.05, 3.63) is 107 Å². The van der Waals surface area contributed by atoms with Crippen molar-refractivity contribution in [1.82, 2.24) is 20.5 Å². The number of carbonyl (C=O) groups is 2. The molecule has 0 aliphatic heterocycles. The molecule has 212 valence electrons. The number of hydrogen-bond donors (Lipinski definition) is 3. The first-order valence-electron chi connectivity index (χ1n) is 13.1. The van der Waals surface area contributed by atoms with Crippen molar-refractivity contribution in [2.24, 2.45) is 0 Å². The zero-order valence-corrected chi connectivity index (χ0v) is 23.5. The van der Waals surface area contributed by atoms with Crippen molar-refractivity contribution >= 4 is 34.5 Å². The predicted molar refractivity (Wildman–Crippen MR) is 158 cm³/mol. The fourth-order valence-electron chi connectivity index (χ4n) is 4.33. The Hall–Kier alpha value is -4.47. The van der Waals surface area contributed by atoms with E-state index in [2.05, 4.69) is 15.6 Å². The van der Waals surface area contributed by atoms with Gasteiger partial charge in [0.05, 0.1) is 0 Å². The highest BCUT2D eigenvalue weighted by atomic mass is 35.5. The molecule has 1 heterocycles. The number of hydrogen-bond acceptors (Lipinski definition) is 6. The van der Waals surface area contributed by atoms with E-state index in [4.69, 9.17) is 16.4 Å². The van der Waals surface area contributed by atoms with Gasteiger partial charge in [-0.25, -0.2) is 4.79 Å². The summed E-state index contributed by atoms with van der Waals surface area (Å²) in [5.74, 6) is -1.78. The van der Waals surface area contributed by atoms with Gasteiger partial charge in [0, 0.05) is 23.0 Å². The van der Waals surface area contributed by atoms with E-state index in [1.54, 1.807) is 24.3 Å². The lowest BCUT2D eigenvalue weighted by Crippen LogP contribution is -2.40. The topological polar surface area (TPSA) is 127 Å². The van der Waals surface area contributed by atoms with Crippen molar-refractivity contribution < 1.29 is 24.6 Å². The molecule has 1 aromatic heterocycles. The molecule has 3 aromatic carbocycles. The first kappa shape index (κ1) is 29.5. The molecule has 0 bridgehead atoms. The number of nitrogens with zero attached hydrogens (tertiary/aromatic N) is 3. The molecule has 4 aromatic rings. The Morgan fingerprint density at radius 1 is 1.07 bits per heavy atom. The molecule has 0 saturated carbocycles. The Morgan fingerprint density at radius 2 is 1.85 bits per heavy atom. The van der Waals surface area contributed by atoms with Crippen LogP contribution in [-0.4, -0.2) is 56.0 Å². The van der Waals surface area contributed by atoms with Crippen LogP contribution in [0.4, 0.5) is 0 Å². The van der Waals surface area contributed by atoms with E-state index in [0.29, 0.717) is 28.0 Å². The van der Waals surface area contributed by atoms with Gasteiger partial charge in [-0.05, 0) is 78.1 Å². The van der Waals surface area contributed by atoms with Crippen LogP contribution in [0.25, 0.3) is 22.2 Å². The zero-order valence-electron chi connectivity index (χ0n) is 22.7. The number of aromatic nitrogens is 3. The molecule has 0 aliphatic carbocycles. The van der Waals surface area contributed by atoms with Crippen molar-refractivity contribution in [2.75, 3.05) is 6.61 Å². The number of nitrogens with one attached hydrogen (secondary N) is 1. The van der Waals surface area contributed by atoms with Gasteiger partial charge in [0.2, 0.25) is 0 Å². The van der Waals surface area contributed by atoms with Crippen molar-refractivity contribution in [2.45, 2.75) is 38.8 Å². The summed E-state index contributed by atoms with van der Waals surface area (Å²) in [6.07, 6.45) is 4.27. The van der Waals surface area contributed by atoms with E-state index in [1.165, 1.54) is 4.85 Å². The van der Waals surface area contributed by atoms with Gasteiger partial charge in [0.15, 0.2) is 6.10 Å². The van der Waals surface area contributed by atoms with E-state index < -0.39 is 24.0 Å². The van der Waals surface area contributed by atoms with E-state index in [1.807, 2.05) is 74.5 Å². The third kappa shape index (κ3) is 7.81. The third-order valence-corrected chi connectivity index (χ3v) is 6.74. The monoisotopic (exact) mass is 574 g/mol. The lowest BCUT2D eigenvalue weighted by Gasteiger charge is -2.21. The molecule has 3 N–H and O–H groups in total. The molecule has 9 nitrogen and oxygen atoms in total. The van der Waals surface area contributed by atoms with Gasteiger partial charge in [-0.15, -0.1) is 5.10 Å². The molecule has 0 saturated heterocycles. The molecule has 0 radical (unpaired) electrons. The lowest BCUT2D eigenvalue weighted by atomic mass is 9.97. The minimum absolute atomic E-state index is 0.168. The molecular weight excluding hydrogens is 544 g/mol. The van der Waals surface area contributed by atoms with Gasteiger partial charge in [0.25, 0.3) is 5.91 Å². The molecular formula is C31H31ClN4O5. The van der Waals surface area contributed by atoms with Gasteiger partial charge in [-0.2, -0.15) is 0 Å². The lowest BCUT2D eigenvalue weighted by molar-refractivity contribution is -0.147. The number of rotatable bonds is 12. The van der Waals surface area contributed by atoms with Crippen LogP contribution in [0, 0.1) is 0 Å². The second-order valence-electron chi connectivity index (χ2n) is 9.47. The van der Waals surface area contributed by atoms with Crippen LogP contribution in [0.15, 0.2) is 90.5 Å². The number of halogens is 1. The number of aliphatic carboxylic acids is 1. The Bertz CT molecular complexity index is 1580. The number of allylic oxidation sites excluding steroid dienone is 2. The summed E-state index contributed by atoms with van der Waals surface area (Å²) in [6, 6.07) is 19.4. The van der Waals surface area contributed by atoms with Gasteiger partial charge >= 0.3 is 5.97 Å². The molecule has 0 unspecified atom stereocenters. The number of benzene rings is 3. The first-order chi connectivity index (χ1) is 19.8. The maximum Gasteiger partial charge on any atom is 0.332 e. The van der Waals surface area contributed by atoms with Crippen LogP contribution in [-0.2, 0) is 11.2 Å². The van der Waals surface area contributed by atoms with Crippen LogP contribution >= 0.6 is 11.6 Å².